The molecule has 1 N–H and O–H groups in total. The molecule has 4 nitrogen and oxygen atoms in total. The Balaban J connectivity index is 2.56. The molecule has 94 valence electrons. The van der Waals surface area contributed by atoms with Gasteiger partial charge in [0.05, 0.1) is 13.0 Å². The summed E-state index contributed by atoms with van der Waals surface area (Å²) < 4.78 is 10.3. The van der Waals surface area contributed by atoms with E-state index in [2.05, 4.69) is 0 Å². The van der Waals surface area contributed by atoms with Crippen LogP contribution in [-0.4, -0.2) is 30.1 Å². The molecule has 0 aliphatic heterocycles. The van der Waals surface area contributed by atoms with Crippen molar-refractivity contribution in [3.63, 3.8) is 0 Å². The zero-order valence-corrected chi connectivity index (χ0v) is 10.2. The summed E-state index contributed by atoms with van der Waals surface area (Å²) in [5, 5.41) is 10.3. The van der Waals surface area contributed by atoms with E-state index in [4.69, 9.17) is 9.47 Å². The lowest BCUT2D eigenvalue weighted by molar-refractivity contribution is -0.251. The molecule has 0 aromatic heterocycles. The van der Waals surface area contributed by atoms with Crippen molar-refractivity contribution in [2.24, 2.45) is 5.92 Å². The minimum atomic E-state index is -1.13. The highest BCUT2D eigenvalue weighted by molar-refractivity contribution is 5.69. The molecule has 1 aliphatic carbocycles. The molecule has 2 unspecified atom stereocenters. The van der Waals surface area contributed by atoms with Crippen LogP contribution in [0.15, 0.2) is 0 Å². The Bertz CT molecular complexity index is 225. The summed E-state index contributed by atoms with van der Waals surface area (Å²) in [6.07, 6.45) is 3.69. The Morgan fingerprint density at radius 2 is 2.12 bits per heavy atom. The van der Waals surface area contributed by atoms with Crippen LogP contribution in [0.5, 0.6) is 0 Å². The molecule has 4 heteroatoms. The maximum absolute atomic E-state index is 11.4. The molecule has 1 aliphatic rings. The average Bonchev–Trinajstić information content (AvgIpc) is 2.22. The van der Waals surface area contributed by atoms with Gasteiger partial charge in [-0.1, -0.05) is 6.42 Å². The van der Waals surface area contributed by atoms with E-state index in [1.54, 1.807) is 6.92 Å². The van der Waals surface area contributed by atoms with Gasteiger partial charge in [0.2, 0.25) is 0 Å². The topological polar surface area (TPSA) is 55.8 Å². The van der Waals surface area contributed by atoms with Crippen LogP contribution in [-0.2, 0) is 14.3 Å². The molecule has 0 saturated heterocycles. The molecule has 2 atom stereocenters. The number of esters is 1. The van der Waals surface area contributed by atoms with E-state index >= 15 is 0 Å². The quantitative estimate of drug-likeness (QED) is 0.578. The van der Waals surface area contributed by atoms with Gasteiger partial charge in [-0.05, 0) is 26.7 Å². The second kappa shape index (κ2) is 6.21. The molecule has 16 heavy (non-hydrogen) atoms. The van der Waals surface area contributed by atoms with Crippen LogP contribution < -0.4 is 0 Å². The van der Waals surface area contributed by atoms with Gasteiger partial charge in [-0.3, -0.25) is 4.79 Å². The van der Waals surface area contributed by atoms with E-state index < -0.39 is 5.79 Å². The van der Waals surface area contributed by atoms with Gasteiger partial charge in [0.15, 0.2) is 5.79 Å². The Labute approximate surface area is 96.9 Å². The van der Waals surface area contributed by atoms with E-state index in [1.165, 1.54) is 0 Å². The largest absolute Gasteiger partial charge is 0.466 e. The zero-order chi connectivity index (χ0) is 12.0. The minimum absolute atomic E-state index is 0.125. The number of hydrogen-bond donors (Lipinski definition) is 1. The Hall–Kier alpha value is -0.610. The van der Waals surface area contributed by atoms with Gasteiger partial charge in [0.1, 0.15) is 0 Å². The van der Waals surface area contributed by atoms with Crippen LogP contribution in [0.4, 0.5) is 0 Å². The molecule has 1 fully saturated rings. The second-order valence-electron chi connectivity index (χ2n) is 4.23. The number of carbonyl (C=O) groups excluding carboxylic acids is 1. The van der Waals surface area contributed by atoms with Crippen LogP contribution in [0.25, 0.3) is 0 Å². The number of ether oxygens (including phenoxy) is 2. The molecule has 0 aromatic carbocycles. The Morgan fingerprint density at radius 1 is 1.38 bits per heavy atom. The van der Waals surface area contributed by atoms with Crippen molar-refractivity contribution < 1.29 is 19.4 Å². The third-order valence-corrected chi connectivity index (χ3v) is 3.09. The zero-order valence-electron chi connectivity index (χ0n) is 10.2. The third-order valence-electron chi connectivity index (χ3n) is 3.09. The van der Waals surface area contributed by atoms with Crippen molar-refractivity contribution in [2.75, 3.05) is 13.2 Å². The monoisotopic (exact) mass is 230 g/mol. The first-order valence-corrected chi connectivity index (χ1v) is 6.14. The molecule has 0 amide bonds. The average molecular weight is 230 g/mol. The van der Waals surface area contributed by atoms with Crippen molar-refractivity contribution in [2.45, 2.75) is 51.7 Å². The van der Waals surface area contributed by atoms with Crippen LogP contribution in [0.3, 0.4) is 0 Å². The highest BCUT2D eigenvalue weighted by atomic mass is 16.6. The van der Waals surface area contributed by atoms with Crippen molar-refractivity contribution in [3.8, 4) is 0 Å². The van der Waals surface area contributed by atoms with Crippen molar-refractivity contribution in [1.29, 1.82) is 0 Å². The fourth-order valence-corrected chi connectivity index (χ4v) is 2.32. The standard InChI is InChI=1S/C12H22O4/c1-3-15-11(13)9-10-7-5-6-8-12(10,14)16-4-2/h10,14H,3-9H2,1-2H3. The summed E-state index contributed by atoms with van der Waals surface area (Å²) in [5.41, 5.74) is 0. The Kier molecular flexibility index (Phi) is 5.22. The highest BCUT2D eigenvalue weighted by Gasteiger charge is 2.40. The minimum Gasteiger partial charge on any atom is -0.466 e. The van der Waals surface area contributed by atoms with E-state index in [-0.39, 0.29) is 18.3 Å². The van der Waals surface area contributed by atoms with E-state index in [0.29, 0.717) is 19.6 Å². The van der Waals surface area contributed by atoms with Crippen LogP contribution in [0.2, 0.25) is 0 Å². The fourth-order valence-electron chi connectivity index (χ4n) is 2.32. The molecule has 1 rings (SSSR count). The molecule has 0 radical (unpaired) electrons. The predicted molar refractivity (Wildman–Crippen MR) is 59.8 cm³/mol. The van der Waals surface area contributed by atoms with Crippen molar-refractivity contribution in [3.05, 3.63) is 0 Å². The third kappa shape index (κ3) is 3.46. The summed E-state index contributed by atoms with van der Waals surface area (Å²) in [6, 6.07) is 0. The number of rotatable bonds is 5. The molecule has 0 bridgehead atoms. The van der Waals surface area contributed by atoms with Gasteiger partial charge in [-0.15, -0.1) is 0 Å². The van der Waals surface area contributed by atoms with Crippen LogP contribution in [0, 0.1) is 5.92 Å². The van der Waals surface area contributed by atoms with Gasteiger partial charge in [-0.25, -0.2) is 0 Å². The lowest BCUT2D eigenvalue weighted by atomic mass is 9.81. The second-order valence-corrected chi connectivity index (χ2v) is 4.23. The van der Waals surface area contributed by atoms with Crippen LogP contribution >= 0.6 is 0 Å². The first-order valence-electron chi connectivity index (χ1n) is 6.14. The Morgan fingerprint density at radius 3 is 2.75 bits per heavy atom. The smallest absolute Gasteiger partial charge is 0.306 e. The van der Waals surface area contributed by atoms with E-state index in [1.807, 2.05) is 6.92 Å². The fraction of sp³-hybridized carbons (Fsp3) is 0.917. The van der Waals surface area contributed by atoms with Crippen LogP contribution in [0.1, 0.15) is 46.0 Å². The summed E-state index contributed by atoms with van der Waals surface area (Å²) in [6.45, 7) is 4.50. The number of aliphatic hydroxyl groups is 1. The summed E-state index contributed by atoms with van der Waals surface area (Å²) in [5.74, 6) is -1.49. The molecule has 0 aromatic rings. The van der Waals surface area contributed by atoms with Crippen molar-refractivity contribution >= 4 is 5.97 Å². The van der Waals surface area contributed by atoms with Gasteiger partial charge >= 0.3 is 5.97 Å². The first kappa shape index (κ1) is 13.5. The summed E-state index contributed by atoms with van der Waals surface area (Å²) in [4.78, 5) is 11.4. The molecular formula is C12H22O4. The number of carbonyl (C=O) groups is 1. The summed E-state index contributed by atoms with van der Waals surface area (Å²) >= 11 is 0. The normalized spacial score (nSPS) is 30.1. The lowest BCUT2D eigenvalue weighted by Gasteiger charge is -2.38. The lowest BCUT2D eigenvalue weighted by Crippen LogP contribution is -2.44. The molecule has 0 heterocycles. The maximum atomic E-state index is 11.4. The van der Waals surface area contributed by atoms with Gasteiger partial charge in [0, 0.05) is 18.9 Å². The SMILES string of the molecule is CCOC(=O)CC1CCCCC1(O)OCC. The number of hydrogen-bond acceptors (Lipinski definition) is 4. The highest BCUT2D eigenvalue weighted by Crippen LogP contribution is 2.37. The van der Waals surface area contributed by atoms with E-state index in [9.17, 15) is 9.90 Å². The van der Waals surface area contributed by atoms with E-state index in [0.717, 1.165) is 19.3 Å². The summed E-state index contributed by atoms with van der Waals surface area (Å²) in [7, 11) is 0. The van der Waals surface area contributed by atoms with Gasteiger partial charge in [-0.2, -0.15) is 0 Å². The predicted octanol–water partition coefficient (Wildman–Crippen LogP) is 1.85. The van der Waals surface area contributed by atoms with Crippen molar-refractivity contribution in [1.82, 2.24) is 0 Å². The molecule has 1 saturated carbocycles. The van der Waals surface area contributed by atoms with Gasteiger partial charge < -0.3 is 14.6 Å². The maximum Gasteiger partial charge on any atom is 0.306 e. The first-order chi connectivity index (χ1) is 7.62. The molecular weight excluding hydrogens is 208 g/mol. The molecule has 0 spiro atoms. The van der Waals surface area contributed by atoms with Gasteiger partial charge in [0.25, 0.3) is 0 Å².